The topological polar surface area (TPSA) is 33.4 Å². The Labute approximate surface area is 125 Å². The molecule has 1 unspecified atom stereocenters. The van der Waals surface area contributed by atoms with Gasteiger partial charge in [0.1, 0.15) is 17.4 Å². The first-order chi connectivity index (χ1) is 9.95. The van der Waals surface area contributed by atoms with E-state index in [4.69, 9.17) is 4.42 Å². The summed E-state index contributed by atoms with van der Waals surface area (Å²) in [5.74, 6) is 0.583. The molecule has 0 amide bonds. The lowest BCUT2D eigenvalue weighted by molar-refractivity contribution is 0.192. The number of fused-ring (bicyclic) bond motifs is 1. The third-order valence-electron chi connectivity index (χ3n) is 3.81. The highest BCUT2D eigenvalue weighted by atomic mass is 16.4. The molecule has 0 bridgehead atoms. The number of furan rings is 1. The van der Waals surface area contributed by atoms with Gasteiger partial charge in [-0.15, -0.1) is 0 Å². The molecule has 0 saturated carbocycles. The van der Waals surface area contributed by atoms with Crippen molar-refractivity contribution in [2.75, 3.05) is 0 Å². The van der Waals surface area contributed by atoms with Gasteiger partial charge in [-0.25, -0.2) is 0 Å². The van der Waals surface area contributed by atoms with Crippen molar-refractivity contribution < 1.29 is 9.52 Å². The van der Waals surface area contributed by atoms with Gasteiger partial charge in [0.05, 0.1) is 0 Å². The molecule has 1 heterocycles. The van der Waals surface area contributed by atoms with E-state index >= 15 is 0 Å². The first kappa shape index (κ1) is 13.9. The van der Waals surface area contributed by atoms with Crippen molar-refractivity contribution in [3.05, 3.63) is 71.5 Å². The number of aliphatic hydroxyl groups is 1. The van der Waals surface area contributed by atoms with Crippen LogP contribution in [-0.2, 0) is 5.41 Å². The smallest absolute Gasteiger partial charge is 0.138 e. The summed E-state index contributed by atoms with van der Waals surface area (Å²) in [6.45, 7) is 6.53. The van der Waals surface area contributed by atoms with Crippen molar-refractivity contribution in [1.82, 2.24) is 0 Å². The molecular formula is C19H20O2. The number of aliphatic hydroxyl groups excluding tert-OH is 1. The van der Waals surface area contributed by atoms with E-state index in [0.717, 1.165) is 16.5 Å². The van der Waals surface area contributed by atoms with Crippen molar-refractivity contribution in [2.45, 2.75) is 32.3 Å². The molecule has 0 radical (unpaired) electrons. The Morgan fingerprint density at radius 3 is 2.24 bits per heavy atom. The fraction of sp³-hybridized carbons (Fsp3) is 0.263. The van der Waals surface area contributed by atoms with Crippen LogP contribution in [0.1, 0.15) is 43.8 Å². The van der Waals surface area contributed by atoms with Crippen molar-refractivity contribution in [3.8, 4) is 0 Å². The van der Waals surface area contributed by atoms with Crippen LogP contribution in [0.15, 0.2) is 59.0 Å². The summed E-state index contributed by atoms with van der Waals surface area (Å²) in [4.78, 5) is 0. The van der Waals surface area contributed by atoms with E-state index in [2.05, 4.69) is 32.9 Å². The largest absolute Gasteiger partial charge is 0.458 e. The Kier molecular flexibility index (Phi) is 3.34. The van der Waals surface area contributed by atoms with Crippen LogP contribution in [0.5, 0.6) is 0 Å². The SMILES string of the molecule is CC(C)(C)c1ccc(C(O)c2cc3ccccc3o2)cc1. The lowest BCUT2D eigenvalue weighted by atomic mass is 9.86. The highest BCUT2D eigenvalue weighted by molar-refractivity contribution is 5.77. The average Bonchev–Trinajstić information content (AvgIpc) is 2.89. The standard InChI is InChI=1S/C19H20O2/c1-19(2,3)15-10-8-13(9-11-15)18(20)17-12-14-6-4-5-7-16(14)21-17/h4-12,18,20H,1-3H3. The molecule has 2 aromatic carbocycles. The van der Waals surface area contributed by atoms with Gasteiger partial charge in [0, 0.05) is 5.39 Å². The second-order valence-corrected chi connectivity index (χ2v) is 6.46. The third-order valence-corrected chi connectivity index (χ3v) is 3.81. The van der Waals surface area contributed by atoms with Gasteiger partial charge in [-0.1, -0.05) is 63.2 Å². The zero-order valence-corrected chi connectivity index (χ0v) is 12.6. The molecule has 0 aliphatic heterocycles. The van der Waals surface area contributed by atoms with Crippen molar-refractivity contribution in [3.63, 3.8) is 0 Å². The van der Waals surface area contributed by atoms with Crippen molar-refractivity contribution in [1.29, 1.82) is 0 Å². The quantitative estimate of drug-likeness (QED) is 0.730. The number of rotatable bonds is 2. The number of para-hydroxylation sites is 1. The summed E-state index contributed by atoms with van der Waals surface area (Å²) in [6.07, 6.45) is -0.730. The number of benzene rings is 2. The fourth-order valence-electron chi connectivity index (χ4n) is 2.47. The second-order valence-electron chi connectivity index (χ2n) is 6.46. The van der Waals surface area contributed by atoms with Gasteiger partial charge in [-0.3, -0.25) is 0 Å². The molecule has 2 nitrogen and oxygen atoms in total. The molecule has 21 heavy (non-hydrogen) atoms. The van der Waals surface area contributed by atoms with Crippen LogP contribution in [-0.4, -0.2) is 5.11 Å². The van der Waals surface area contributed by atoms with Crippen LogP contribution in [0.25, 0.3) is 11.0 Å². The predicted molar refractivity (Wildman–Crippen MR) is 85.4 cm³/mol. The molecule has 108 valence electrons. The monoisotopic (exact) mass is 280 g/mol. The molecule has 1 atom stereocenters. The molecule has 1 aromatic heterocycles. The summed E-state index contributed by atoms with van der Waals surface area (Å²) in [6, 6.07) is 17.8. The van der Waals surface area contributed by atoms with Gasteiger partial charge in [-0.05, 0) is 28.7 Å². The molecule has 3 rings (SSSR count). The van der Waals surface area contributed by atoms with E-state index in [1.54, 1.807) is 0 Å². The fourth-order valence-corrected chi connectivity index (χ4v) is 2.47. The number of hydrogen-bond donors (Lipinski definition) is 1. The summed E-state index contributed by atoms with van der Waals surface area (Å²) < 4.78 is 5.73. The number of hydrogen-bond acceptors (Lipinski definition) is 2. The van der Waals surface area contributed by atoms with E-state index < -0.39 is 6.10 Å². The van der Waals surface area contributed by atoms with Gasteiger partial charge in [0.15, 0.2) is 0 Å². The molecular weight excluding hydrogens is 260 g/mol. The molecule has 0 aliphatic carbocycles. The normalized spacial score (nSPS) is 13.5. The maximum absolute atomic E-state index is 10.5. The van der Waals surface area contributed by atoms with Crippen molar-refractivity contribution in [2.24, 2.45) is 0 Å². The van der Waals surface area contributed by atoms with E-state index in [-0.39, 0.29) is 5.41 Å². The zero-order chi connectivity index (χ0) is 15.0. The predicted octanol–water partition coefficient (Wildman–Crippen LogP) is 4.81. The summed E-state index contributed by atoms with van der Waals surface area (Å²) in [7, 11) is 0. The van der Waals surface area contributed by atoms with Gasteiger partial charge in [0.25, 0.3) is 0 Å². The highest BCUT2D eigenvalue weighted by Gasteiger charge is 2.17. The van der Waals surface area contributed by atoms with E-state index in [1.165, 1.54) is 5.56 Å². The Bertz CT molecular complexity index is 712. The zero-order valence-electron chi connectivity index (χ0n) is 12.6. The Morgan fingerprint density at radius 2 is 1.62 bits per heavy atom. The Morgan fingerprint density at radius 1 is 0.952 bits per heavy atom. The average molecular weight is 280 g/mol. The minimum Gasteiger partial charge on any atom is -0.458 e. The maximum atomic E-state index is 10.5. The van der Waals surface area contributed by atoms with Crippen LogP contribution in [0.2, 0.25) is 0 Å². The Balaban J connectivity index is 1.92. The van der Waals surface area contributed by atoms with Crippen LogP contribution in [0, 0.1) is 0 Å². The van der Waals surface area contributed by atoms with Crippen LogP contribution in [0.3, 0.4) is 0 Å². The Hall–Kier alpha value is -2.06. The molecule has 0 saturated heterocycles. The maximum Gasteiger partial charge on any atom is 0.138 e. The van der Waals surface area contributed by atoms with Gasteiger partial charge in [0.2, 0.25) is 0 Å². The molecule has 0 aliphatic rings. The van der Waals surface area contributed by atoms with E-state index in [0.29, 0.717) is 5.76 Å². The van der Waals surface area contributed by atoms with Crippen LogP contribution >= 0.6 is 0 Å². The molecule has 1 N–H and O–H groups in total. The van der Waals surface area contributed by atoms with E-state index in [9.17, 15) is 5.11 Å². The lowest BCUT2D eigenvalue weighted by Gasteiger charge is -2.19. The van der Waals surface area contributed by atoms with Gasteiger partial charge in [-0.2, -0.15) is 0 Å². The van der Waals surface area contributed by atoms with Crippen molar-refractivity contribution >= 4 is 11.0 Å². The van der Waals surface area contributed by atoms with Gasteiger partial charge >= 0.3 is 0 Å². The van der Waals surface area contributed by atoms with Crippen LogP contribution in [0.4, 0.5) is 0 Å². The molecule has 0 spiro atoms. The minimum atomic E-state index is -0.730. The van der Waals surface area contributed by atoms with Crippen LogP contribution < -0.4 is 0 Å². The van der Waals surface area contributed by atoms with E-state index in [1.807, 2.05) is 42.5 Å². The first-order valence-corrected chi connectivity index (χ1v) is 7.22. The minimum absolute atomic E-state index is 0.114. The summed E-state index contributed by atoms with van der Waals surface area (Å²) in [5, 5.41) is 11.5. The second kappa shape index (κ2) is 5.05. The molecule has 2 heteroatoms. The first-order valence-electron chi connectivity index (χ1n) is 7.22. The lowest BCUT2D eigenvalue weighted by Crippen LogP contribution is -2.11. The molecule has 3 aromatic rings. The highest BCUT2D eigenvalue weighted by Crippen LogP contribution is 2.29. The summed E-state index contributed by atoms with van der Waals surface area (Å²) >= 11 is 0. The third kappa shape index (κ3) is 2.72. The van der Waals surface area contributed by atoms with Gasteiger partial charge < -0.3 is 9.52 Å². The molecule has 0 fully saturated rings. The summed E-state index contributed by atoms with van der Waals surface area (Å²) in [5.41, 5.74) is 3.02.